The third kappa shape index (κ3) is 1.59. The zero-order chi connectivity index (χ0) is 12.7. The molecule has 2 aliphatic rings. The molecule has 1 aliphatic carbocycles. The zero-order valence-corrected chi connectivity index (χ0v) is 10.5. The molecule has 1 heteroatoms. The molecule has 1 heterocycles. The molecule has 0 atom stereocenters. The molecule has 0 saturated heterocycles. The molecular weight excluding hydrogens is 230 g/mol. The van der Waals surface area contributed by atoms with Gasteiger partial charge in [0, 0.05) is 16.7 Å². The Balaban J connectivity index is 1.86. The molecule has 0 unspecified atom stereocenters. The van der Waals surface area contributed by atoms with E-state index >= 15 is 0 Å². The van der Waals surface area contributed by atoms with Crippen molar-refractivity contribution < 1.29 is 0 Å². The summed E-state index contributed by atoms with van der Waals surface area (Å²) in [5.74, 6) is 0. The van der Waals surface area contributed by atoms with Crippen LogP contribution in [0, 0.1) is 0 Å². The molecule has 0 saturated carbocycles. The minimum Gasteiger partial charge on any atom is -0.247 e. The first-order valence-electron chi connectivity index (χ1n) is 6.58. The average molecular weight is 243 g/mol. The Kier molecular flexibility index (Phi) is 2.25. The fraction of sp³-hybridized carbons (Fsp3) is 0.0556. The number of nitrogens with zero attached hydrogens (tertiary/aromatic N) is 1. The number of para-hydroxylation sites is 1. The van der Waals surface area contributed by atoms with Gasteiger partial charge in [-0.25, -0.2) is 4.99 Å². The molecule has 0 spiro atoms. The minimum absolute atomic E-state index is 0.979. The van der Waals surface area contributed by atoms with Gasteiger partial charge in [-0.05, 0) is 18.1 Å². The lowest BCUT2D eigenvalue weighted by Gasteiger charge is -2.14. The van der Waals surface area contributed by atoms with E-state index in [0.717, 1.165) is 17.8 Å². The van der Waals surface area contributed by atoms with Crippen LogP contribution in [0.3, 0.4) is 0 Å². The van der Waals surface area contributed by atoms with Crippen LogP contribution in [0.2, 0.25) is 0 Å². The summed E-state index contributed by atoms with van der Waals surface area (Å²) < 4.78 is 0. The summed E-state index contributed by atoms with van der Waals surface area (Å²) in [6, 6.07) is 18.9. The predicted molar refractivity (Wildman–Crippen MR) is 80.6 cm³/mol. The van der Waals surface area contributed by atoms with E-state index in [9.17, 15) is 0 Å². The minimum atomic E-state index is 0.979. The van der Waals surface area contributed by atoms with Gasteiger partial charge in [0.25, 0.3) is 0 Å². The Hall–Kier alpha value is -2.41. The number of aliphatic imine (C=N–C) groups is 1. The van der Waals surface area contributed by atoms with Crippen LogP contribution in [0.15, 0.2) is 71.7 Å². The molecule has 19 heavy (non-hydrogen) atoms. The number of benzene rings is 2. The molecule has 1 nitrogen and oxygen atoms in total. The van der Waals surface area contributed by atoms with Crippen LogP contribution >= 0.6 is 0 Å². The first-order valence-corrected chi connectivity index (χ1v) is 6.58. The average Bonchev–Trinajstić information content (AvgIpc) is 2.87. The Morgan fingerprint density at radius 3 is 2.37 bits per heavy atom. The second-order valence-electron chi connectivity index (χ2n) is 4.81. The molecular formula is C18H13N. The second-order valence-corrected chi connectivity index (χ2v) is 4.81. The lowest BCUT2D eigenvalue weighted by Crippen LogP contribution is -2.04. The van der Waals surface area contributed by atoms with Gasteiger partial charge in [-0.2, -0.15) is 0 Å². The van der Waals surface area contributed by atoms with Gasteiger partial charge in [-0.3, -0.25) is 0 Å². The highest BCUT2D eigenvalue weighted by Crippen LogP contribution is 2.41. The van der Waals surface area contributed by atoms with Crippen molar-refractivity contribution in [2.24, 2.45) is 4.99 Å². The molecule has 0 amide bonds. The van der Waals surface area contributed by atoms with Crippen molar-refractivity contribution in [3.8, 4) is 0 Å². The Morgan fingerprint density at radius 1 is 0.737 bits per heavy atom. The normalized spacial score (nSPS) is 16.1. The van der Waals surface area contributed by atoms with E-state index in [1.807, 2.05) is 6.07 Å². The summed E-state index contributed by atoms with van der Waals surface area (Å²) in [7, 11) is 0. The van der Waals surface area contributed by atoms with Gasteiger partial charge in [0.15, 0.2) is 0 Å². The summed E-state index contributed by atoms with van der Waals surface area (Å²) >= 11 is 0. The van der Waals surface area contributed by atoms with Crippen molar-refractivity contribution >= 4 is 22.5 Å². The Labute approximate surface area is 112 Å². The van der Waals surface area contributed by atoms with Crippen LogP contribution in [-0.4, -0.2) is 5.71 Å². The van der Waals surface area contributed by atoms with Gasteiger partial charge in [0.1, 0.15) is 0 Å². The van der Waals surface area contributed by atoms with Gasteiger partial charge in [-0.15, -0.1) is 0 Å². The summed E-state index contributed by atoms with van der Waals surface area (Å²) in [6.45, 7) is 0. The first kappa shape index (κ1) is 10.5. The van der Waals surface area contributed by atoms with Crippen molar-refractivity contribution in [1.82, 2.24) is 0 Å². The molecule has 4 rings (SSSR count). The van der Waals surface area contributed by atoms with E-state index in [-0.39, 0.29) is 0 Å². The molecule has 2 aromatic carbocycles. The van der Waals surface area contributed by atoms with Crippen molar-refractivity contribution in [3.63, 3.8) is 0 Å². The van der Waals surface area contributed by atoms with Gasteiger partial charge in [-0.1, -0.05) is 60.7 Å². The van der Waals surface area contributed by atoms with E-state index in [1.165, 1.54) is 22.3 Å². The highest BCUT2D eigenvalue weighted by Gasteiger charge is 2.25. The second kappa shape index (κ2) is 4.06. The fourth-order valence-corrected chi connectivity index (χ4v) is 2.78. The number of hydrogen-bond donors (Lipinski definition) is 0. The van der Waals surface area contributed by atoms with Crippen LogP contribution in [0.4, 0.5) is 5.69 Å². The van der Waals surface area contributed by atoms with E-state index in [1.54, 1.807) is 0 Å². The van der Waals surface area contributed by atoms with E-state index in [0.29, 0.717) is 0 Å². The monoisotopic (exact) mass is 243 g/mol. The molecule has 0 radical (unpaired) electrons. The highest BCUT2D eigenvalue weighted by atomic mass is 14.8. The van der Waals surface area contributed by atoms with Crippen molar-refractivity contribution in [1.29, 1.82) is 0 Å². The fourth-order valence-electron chi connectivity index (χ4n) is 2.78. The third-order valence-corrected chi connectivity index (χ3v) is 3.67. The number of fused-ring (bicyclic) bond motifs is 3. The summed E-state index contributed by atoms with van der Waals surface area (Å²) in [6.07, 6.45) is 5.52. The molecule has 2 aromatic rings. The van der Waals surface area contributed by atoms with Crippen molar-refractivity contribution in [2.75, 3.05) is 0 Å². The lowest BCUT2D eigenvalue weighted by atomic mass is 9.89. The molecule has 0 aromatic heterocycles. The topological polar surface area (TPSA) is 12.4 Å². The largest absolute Gasteiger partial charge is 0.247 e. The maximum Gasteiger partial charge on any atom is 0.0788 e. The highest BCUT2D eigenvalue weighted by molar-refractivity contribution is 6.48. The van der Waals surface area contributed by atoms with Crippen LogP contribution in [0.1, 0.15) is 17.5 Å². The lowest BCUT2D eigenvalue weighted by molar-refractivity contribution is 1.39. The zero-order valence-electron chi connectivity index (χ0n) is 10.5. The Morgan fingerprint density at radius 2 is 1.47 bits per heavy atom. The molecule has 0 bridgehead atoms. The maximum atomic E-state index is 4.81. The van der Waals surface area contributed by atoms with Gasteiger partial charge in [0.05, 0.1) is 11.4 Å². The van der Waals surface area contributed by atoms with Gasteiger partial charge < -0.3 is 0 Å². The summed E-state index contributed by atoms with van der Waals surface area (Å²) in [5, 5.41) is 0. The number of allylic oxidation sites excluding steroid dienone is 4. The summed E-state index contributed by atoms with van der Waals surface area (Å²) in [4.78, 5) is 4.81. The third-order valence-electron chi connectivity index (χ3n) is 3.67. The molecule has 0 N–H and O–H groups in total. The SMILES string of the molecule is C1=C(c2ccccc2)C2=Nc3ccccc3C2=CC1. The number of rotatable bonds is 1. The van der Waals surface area contributed by atoms with Gasteiger partial charge >= 0.3 is 0 Å². The molecule has 0 fully saturated rings. The standard InChI is InChI=1S/C18H13N/c1-2-7-13(8-3-1)14-10-6-11-16-15-9-4-5-12-17(15)19-18(14)16/h1-5,7-12H,6H2. The van der Waals surface area contributed by atoms with Crippen molar-refractivity contribution in [3.05, 3.63) is 77.9 Å². The molecule has 1 aliphatic heterocycles. The van der Waals surface area contributed by atoms with E-state index in [2.05, 4.69) is 60.7 Å². The van der Waals surface area contributed by atoms with E-state index < -0.39 is 0 Å². The van der Waals surface area contributed by atoms with Crippen LogP contribution in [0.25, 0.3) is 11.1 Å². The van der Waals surface area contributed by atoms with Crippen LogP contribution < -0.4 is 0 Å². The van der Waals surface area contributed by atoms with Crippen LogP contribution in [-0.2, 0) is 0 Å². The van der Waals surface area contributed by atoms with Crippen molar-refractivity contribution in [2.45, 2.75) is 6.42 Å². The quantitative estimate of drug-likeness (QED) is 0.691. The van der Waals surface area contributed by atoms with Crippen LogP contribution in [0.5, 0.6) is 0 Å². The molecule has 90 valence electrons. The van der Waals surface area contributed by atoms with E-state index in [4.69, 9.17) is 4.99 Å². The number of hydrogen-bond acceptors (Lipinski definition) is 1. The Bertz CT molecular complexity index is 733. The smallest absolute Gasteiger partial charge is 0.0788 e. The first-order chi connectivity index (χ1) is 9.43. The maximum absolute atomic E-state index is 4.81. The summed E-state index contributed by atoms with van der Waals surface area (Å²) in [5.41, 5.74) is 7.27. The van der Waals surface area contributed by atoms with Gasteiger partial charge in [0.2, 0.25) is 0 Å². The predicted octanol–water partition coefficient (Wildman–Crippen LogP) is 4.64.